The molecule has 1 amide bonds. The van der Waals surface area contributed by atoms with Crippen LogP contribution in [-0.2, 0) is 16.0 Å². The van der Waals surface area contributed by atoms with Crippen molar-refractivity contribution in [3.05, 3.63) is 69.9 Å². The predicted molar refractivity (Wildman–Crippen MR) is 94.1 cm³/mol. The lowest BCUT2D eigenvalue weighted by Crippen LogP contribution is -2.42. The molecule has 0 spiro atoms. The molecule has 1 saturated heterocycles. The number of hydrogen-bond donors (Lipinski definition) is 0. The topological polar surface area (TPSA) is 29.5 Å². The molecule has 24 heavy (non-hydrogen) atoms. The smallest absolute Gasteiger partial charge is 0.223 e. The van der Waals surface area contributed by atoms with E-state index in [1.54, 1.807) is 18.2 Å². The molecule has 0 radical (unpaired) electrons. The Balaban J connectivity index is 1.59. The number of ether oxygens (including phenoxy) is 1. The monoisotopic (exact) mass is 391 g/mol. The van der Waals surface area contributed by atoms with Crippen LogP contribution in [0.2, 0.25) is 0 Å². The summed E-state index contributed by atoms with van der Waals surface area (Å²) in [7, 11) is 0. The maximum Gasteiger partial charge on any atom is 0.223 e. The zero-order valence-electron chi connectivity index (χ0n) is 13.3. The minimum Gasteiger partial charge on any atom is -0.370 e. The van der Waals surface area contributed by atoms with E-state index in [0.29, 0.717) is 38.1 Å². The third kappa shape index (κ3) is 4.22. The van der Waals surface area contributed by atoms with E-state index in [1.807, 2.05) is 29.2 Å². The summed E-state index contributed by atoms with van der Waals surface area (Å²) in [6.45, 7) is 1.65. The van der Waals surface area contributed by atoms with E-state index in [0.717, 1.165) is 10.0 Å². The first-order valence-corrected chi connectivity index (χ1v) is 8.81. The zero-order valence-corrected chi connectivity index (χ0v) is 14.8. The SMILES string of the molecule is O=C(CCc1ccccc1F)N1CCOC(c2ccc(Br)cc2)C1. The van der Waals surface area contributed by atoms with Gasteiger partial charge < -0.3 is 9.64 Å². The number of halogens is 2. The second-order valence-electron chi connectivity index (χ2n) is 5.84. The average Bonchev–Trinajstić information content (AvgIpc) is 2.61. The molecule has 2 aromatic carbocycles. The van der Waals surface area contributed by atoms with Crippen molar-refractivity contribution >= 4 is 21.8 Å². The van der Waals surface area contributed by atoms with Crippen molar-refractivity contribution in [1.82, 2.24) is 4.90 Å². The molecular weight excluding hydrogens is 373 g/mol. The minimum absolute atomic E-state index is 0.0451. The Morgan fingerprint density at radius 1 is 1.21 bits per heavy atom. The number of carbonyl (C=O) groups excluding carboxylic acids is 1. The fraction of sp³-hybridized carbons (Fsp3) is 0.316. The van der Waals surface area contributed by atoms with Gasteiger partial charge in [-0.05, 0) is 35.7 Å². The van der Waals surface area contributed by atoms with Gasteiger partial charge in [-0.15, -0.1) is 0 Å². The zero-order chi connectivity index (χ0) is 16.9. The molecule has 0 bridgehead atoms. The number of aryl methyl sites for hydroxylation is 1. The van der Waals surface area contributed by atoms with Crippen molar-refractivity contribution in [2.24, 2.45) is 0 Å². The van der Waals surface area contributed by atoms with Gasteiger partial charge in [0.25, 0.3) is 0 Å². The summed E-state index contributed by atoms with van der Waals surface area (Å²) in [6.07, 6.45) is 0.629. The predicted octanol–water partition coefficient (Wildman–Crippen LogP) is 4.12. The Morgan fingerprint density at radius 2 is 1.96 bits per heavy atom. The first-order chi connectivity index (χ1) is 11.6. The van der Waals surface area contributed by atoms with Crippen molar-refractivity contribution in [2.45, 2.75) is 18.9 Å². The van der Waals surface area contributed by atoms with E-state index in [4.69, 9.17) is 4.74 Å². The number of benzene rings is 2. The third-order valence-electron chi connectivity index (χ3n) is 4.23. The molecule has 3 rings (SSSR count). The number of nitrogens with zero attached hydrogens (tertiary/aromatic N) is 1. The molecule has 1 aliphatic heterocycles. The molecule has 1 heterocycles. The van der Waals surface area contributed by atoms with E-state index in [-0.39, 0.29) is 17.8 Å². The van der Waals surface area contributed by atoms with Crippen LogP contribution < -0.4 is 0 Å². The summed E-state index contributed by atoms with van der Waals surface area (Å²) >= 11 is 3.42. The van der Waals surface area contributed by atoms with E-state index in [1.165, 1.54) is 6.07 Å². The molecule has 5 heteroatoms. The van der Waals surface area contributed by atoms with Crippen LogP contribution >= 0.6 is 15.9 Å². The molecule has 0 aliphatic carbocycles. The summed E-state index contributed by atoms with van der Waals surface area (Å²) in [5.74, 6) is -0.205. The lowest BCUT2D eigenvalue weighted by molar-refractivity contribution is -0.139. The van der Waals surface area contributed by atoms with Crippen LogP contribution in [0.25, 0.3) is 0 Å². The largest absolute Gasteiger partial charge is 0.370 e. The Hall–Kier alpha value is -1.72. The molecular formula is C19H19BrFNO2. The molecule has 2 aromatic rings. The molecule has 0 saturated carbocycles. The number of morpholine rings is 1. The van der Waals surface area contributed by atoms with Crippen LogP contribution in [0.3, 0.4) is 0 Å². The minimum atomic E-state index is -0.250. The van der Waals surface area contributed by atoms with Gasteiger partial charge in [-0.3, -0.25) is 4.79 Å². The van der Waals surface area contributed by atoms with Crippen molar-refractivity contribution in [1.29, 1.82) is 0 Å². The van der Waals surface area contributed by atoms with Gasteiger partial charge in [0.2, 0.25) is 5.91 Å². The molecule has 1 aliphatic rings. The lowest BCUT2D eigenvalue weighted by Gasteiger charge is -2.33. The van der Waals surface area contributed by atoms with Gasteiger partial charge in [0, 0.05) is 17.4 Å². The van der Waals surface area contributed by atoms with Crippen LogP contribution in [0.1, 0.15) is 23.7 Å². The Labute approximate surface area is 149 Å². The Morgan fingerprint density at radius 3 is 2.71 bits per heavy atom. The standard InChI is InChI=1S/C19H19BrFNO2/c20-16-8-5-15(6-9-16)18-13-22(11-12-24-18)19(23)10-7-14-3-1-2-4-17(14)21/h1-6,8-9,18H,7,10-13H2. The van der Waals surface area contributed by atoms with Gasteiger partial charge in [-0.2, -0.15) is 0 Å². The lowest BCUT2D eigenvalue weighted by atomic mass is 10.1. The molecule has 1 fully saturated rings. The van der Waals surface area contributed by atoms with Gasteiger partial charge in [0.05, 0.1) is 13.2 Å². The Bertz CT molecular complexity index is 705. The van der Waals surface area contributed by atoms with E-state index in [9.17, 15) is 9.18 Å². The first kappa shape index (κ1) is 17.1. The quantitative estimate of drug-likeness (QED) is 0.784. The number of amides is 1. The highest BCUT2D eigenvalue weighted by Gasteiger charge is 2.25. The highest BCUT2D eigenvalue weighted by Crippen LogP contribution is 2.24. The van der Waals surface area contributed by atoms with E-state index in [2.05, 4.69) is 15.9 Å². The number of carbonyl (C=O) groups is 1. The van der Waals surface area contributed by atoms with Crippen molar-refractivity contribution in [3.63, 3.8) is 0 Å². The molecule has 126 valence electrons. The molecule has 0 aromatic heterocycles. The second kappa shape index (κ2) is 7.90. The molecule has 0 N–H and O–H groups in total. The molecule has 1 atom stereocenters. The fourth-order valence-electron chi connectivity index (χ4n) is 2.86. The van der Waals surface area contributed by atoms with Crippen LogP contribution in [0.5, 0.6) is 0 Å². The van der Waals surface area contributed by atoms with Gasteiger partial charge in [-0.1, -0.05) is 46.3 Å². The summed E-state index contributed by atoms with van der Waals surface area (Å²) in [5.41, 5.74) is 1.65. The van der Waals surface area contributed by atoms with Crippen LogP contribution in [0, 0.1) is 5.82 Å². The summed E-state index contributed by atoms with van der Waals surface area (Å²) < 4.78 is 20.5. The van der Waals surface area contributed by atoms with E-state index < -0.39 is 0 Å². The summed E-state index contributed by atoms with van der Waals surface area (Å²) in [4.78, 5) is 14.3. The average molecular weight is 392 g/mol. The maximum absolute atomic E-state index is 13.6. The fourth-order valence-corrected chi connectivity index (χ4v) is 3.12. The van der Waals surface area contributed by atoms with E-state index >= 15 is 0 Å². The third-order valence-corrected chi connectivity index (χ3v) is 4.76. The first-order valence-electron chi connectivity index (χ1n) is 8.02. The maximum atomic E-state index is 13.6. The van der Waals surface area contributed by atoms with Gasteiger partial charge >= 0.3 is 0 Å². The van der Waals surface area contributed by atoms with Gasteiger partial charge in [-0.25, -0.2) is 4.39 Å². The molecule has 3 nitrogen and oxygen atoms in total. The van der Waals surface area contributed by atoms with Crippen LogP contribution in [0.4, 0.5) is 4.39 Å². The highest BCUT2D eigenvalue weighted by atomic mass is 79.9. The summed E-state index contributed by atoms with van der Waals surface area (Å²) in [6, 6.07) is 14.6. The Kier molecular flexibility index (Phi) is 5.63. The highest BCUT2D eigenvalue weighted by molar-refractivity contribution is 9.10. The van der Waals surface area contributed by atoms with Crippen molar-refractivity contribution in [3.8, 4) is 0 Å². The number of rotatable bonds is 4. The van der Waals surface area contributed by atoms with Gasteiger partial charge in [0.15, 0.2) is 0 Å². The van der Waals surface area contributed by atoms with Gasteiger partial charge in [0.1, 0.15) is 11.9 Å². The summed E-state index contributed by atoms with van der Waals surface area (Å²) in [5, 5.41) is 0. The molecule has 1 unspecified atom stereocenters. The normalized spacial score (nSPS) is 17.8. The second-order valence-corrected chi connectivity index (χ2v) is 6.76. The van der Waals surface area contributed by atoms with Crippen LogP contribution in [-0.4, -0.2) is 30.5 Å². The van der Waals surface area contributed by atoms with Crippen molar-refractivity contribution < 1.29 is 13.9 Å². The van der Waals surface area contributed by atoms with Crippen LogP contribution in [0.15, 0.2) is 53.0 Å². The van der Waals surface area contributed by atoms with Crippen molar-refractivity contribution in [2.75, 3.05) is 19.7 Å². The number of hydrogen-bond acceptors (Lipinski definition) is 2.